The summed E-state index contributed by atoms with van der Waals surface area (Å²) in [5.41, 5.74) is 2.49. The number of aromatic nitrogens is 2. The third-order valence-corrected chi connectivity index (χ3v) is 8.74. The summed E-state index contributed by atoms with van der Waals surface area (Å²) in [7, 11) is -2.24. The van der Waals surface area contributed by atoms with Gasteiger partial charge < -0.3 is 19.1 Å². The zero-order chi connectivity index (χ0) is 26.0. The second-order valence-corrected chi connectivity index (χ2v) is 10.7. The van der Waals surface area contributed by atoms with Gasteiger partial charge in [-0.2, -0.15) is 4.31 Å². The van der Waals surface area contributed by atoms with Crippen molar-refractivity contribution >= 4 is 27.6 Å². The highest BCUT2D eigenvalue weighted by Crippen LogP contribution is 2.32. The topological polar surface area (TPSA) is 124 Å². The van der Waals surface area contributed by atoms with Crippen LogP contribution in [0.5, 0.6) is 0 Å². The van der Waals surface area contributed by atoms with E-state index in [0.29, 0.717) is 35.7 Å². The molecular formula is C25H30N4O6S. The van der Waals surface area contributed by atoms with E-state index < -0.39 is 16.0 Å². The van der Waals surface area contributed by atoms with Crippen LogP contribution in [0.4, 0.5) is 5.69 Å². The first-order chi connectivity index (χ1) is 17.1. The number of carbonyl (C=O) groups is 2. The van der Waals surface area contributed by atoms with E-state index in [2.05, 4.69) is 10.5 Å². The van der Waals surface area contributed by atoms with Gasteiger partial charge in [-0.15, -0.1) is 0 Å². The zero-order valence-corrected chi connectivity index (χ0v) is 21.6. The summed E-state index contributed by atoms with van der Waals surface area (Å²) in [6.45, 7) is 5.55. The Morgan fingerprint density at radius 1 is 1.17 bits per heavy atom. The molecule has 2 aromatic heterocycles. The van der Waals surface area contributed by atoms with Crippen LogP contribution in [0.1, 0.15) is 41.5 Å². The molecule has 1 fully saturated rings. The molecular weight excluding hydrogens is 484 g/mol. The zero-order valence-electron chi connectivity index (χ0n) is 20.8. The maximum absolute atomic E-state index is 13.6. The first kappa shape index (κ1) is 25.6. The molecule has 0 atom stereocenters. The summed E-state index contributed by atoms with van der Waals surface area (Å²) >= 11 is 0. The molecule has 0 radical (unpaired) electrons. The van der Waals surface area contributed by atoms with Crippen LogP contribution in [0.25, 0.3) is 11.3 Å². The van der Waals surface area contributed by atoms with Crippen LogP contribution < -0.4 is 5.32 Å². The van der Waals surface area contributed by atoms with Crippen molar-refractivity contribution in [3.8, 4) is 11.3 Å². The van der Waals surface area contributed by atoms with Gasteiger partial charge in [-0.25, -0.2) is 13.2 Å². The fraction of sp³-hybridized carbons (Fsp3) is 0.400. The molecule has 0 spiro atoms. The Balaban J connectivity index is 1.47. The minimum atomic E-state index is -3.96. The molecule has 1 saturated heterocycles. The predicted molar refractivity (Wildman–Crippen MR) is 133 cm³/mol. The van der Waals surface area contributed by atoms with E-state index in [4.69, 9.17) is 9.26 Å². The van der Waals surface area contributed by atoms with Gasteiger partial charge in [0.05, 0.1) is 12.8 Å². The van der Waals surface area contributed by atoms with Crippen LogP contribution in [0.2, 0.25) is 0 Å². The number of hydrogen-bond donors (Lipinski definition) is 1. The van der Waals surface area contributed by atoms with Crippen LogP contribution >= 0.6 is 0 Å². The molecule has 1 N–H and O–H groups in total. The lowest BCUT2D eigenvalue weighted by Crippen LogP contribution is -2.41. The SMILES string of the molecule is CCOC(=O)c1c(S(=O)(=O)N2CCC(C(=O)Nc3cccc(-c4ccno4)c3)CC2)c(C)n(C)c1C. The number of amides is 1. The molecule has 1 aliphatic heterocycles. The quantitative estimate of drug-likeness (QED) is 0.479. The minimum Gasteiger partial charge on any atom is -0.462 e. The molecule has 0 aliphatic carbocycles. The van der Waals surface area contributed by atoms with Crippen molar-refractivity contribution in [2.75, 3.05) is 25.0 Å². The molecule has 11 heteroatoms. The van der Waals surface area contributed by atoms with Crippen LogP contribution in [0, 0.1) is 19.8 Å². The van der Waals surface area contributed by atoms with Crippen LogP contribution in [-0.4, -0.2) is 54.0 Å². The lowest BCUT2D eigenvalue weighted by molar-refractivity contribution is -0.120. The number of anilines is 1. The van der Waals surface area contributed by atoms with Gasteiger partial charge in [0, 0.05) is 54.8 Å². The molecule has 1 aromatic carbocycles. The highest BCUT2D eigenvalue weighted by atomic mass is 32.2. The Bertz CT molecular complexity index is 1370. The second-order valence-electron chi connectivity index (χ2n) is 8.78. The van der Waals surface area contributed by atoms with Gasteiger partial charge in [-0.1, -0.05) is 17.3 Å². The van der Waals surface area contributed by atoms with Crippen LogP contribution in [0.3, 0.4) is 0 Å². The number of nitrogens with zero attached hydrogens (tertiary/aromatic N) is 3. The Labute approximate surface area is 210 Å². The number of ether oxygens (including phenoxy) is 1. The van der Waals surface area contributed by atoms with E-state index in [1.807, 2.05) is 12.1 Å². The highest BCUT2D eigenvalue weighted by Gasteiger charge is 2.38. The molecule has 4 rings (SSSR count). The summed E-state index contributed by atoms with van der Waals surface area (Å²) in [6.07, 6.45) is 2.29. The molecule has 1 amide bonds. The molecule has 0 saturated carbocycles. The summed E-state index contributed by atoms with van der Waals surface area (Å²) in [6, 6.07) is 9.00. The third kappa shape index (κ3) is 4.80. The van der Waals surface area contributed by atoms with Gasteiger partial charge in [0.15, 0.2) is 5.76 Å². The van der Waals surface area contributed by atoms with Gasteiger partial charge in [0.2, 0.25) is 15.9 Å². The number of hydrogen-bond acceptors (Lipinski definition) is 7. The largest absolute Gasteiger partial charge is 0.462 e. The average molecular weight is 515 g/mol. The number of carbonyl (C=O) groups excluding carboxylic acids is 2. The molecule has 192 valence electrons. The molecule has 3 aromatic rings. The van der Waals surface area contributed by atoms with Gasteiger partial charge >= 0.3 is 5.97 Å². The van der Waals surface area contributed by atoms with Gasteiger partial charge in [0.25, 0.3) is 0 Å². The monoisotopic (exact) mass is 514 g/mol. The first-order valence-corrected chi connectivity index (χ1v) is 13.2. The number of benzene rings is 1. The predicted octanol–water partition coefficient (Wildman–Crippen LogP) is 3.51. The van der Waals surface area contributed by atoms with Crippen molar-refractivity contribution < 1.29 is 27.3 Å². The Kier molecular flexibility index (Phi) is 7.32. The second kappa shape index (κ2) is 10.3. The Morgan fingerprint density at radius 2 is 1.89 bits per heavy atom. The molecule has 10 nitrogen and oxygen atoms in total. The number of sulfonamides is 1. The number of esters is 1. The third-order valence-electron chi connectivity index (χ3n) is 6.68. The maximum atomic E-state index is 13.6. The summed E-state index contributed by atoms with van der Waals surface area (Å²) < 4.78 is 40.6. The molecule has 0 bridgehead atoms. The van der Waals surface area contributed by atoms with E-state index in [-0.39, 0.29) is 42.0 Å². The lowest BCUT2D eigenvalue weighted by Gasteiger charge is -2.30. The Morgan fingerprint density at radius 3 is 2.53 bits per heavy atom. The van der Waals surface area contributed by atoms with Gasteiger partial charge in [-0.3, -0.25) is 4.79 Å². The molecule has 36 heavy (non-hydrogen) atoms. The van der Waals surface area contributed by atoms with Crippen molar-refractivity contribution in [3.63, 3.8) is 0 Å². The van der Waals surface area contributed by atoms with Gasteiger partial charge in [-0.05, 0) is 45.7 Å². The van der Waals surface area contributed by atoms with E-state index in [1.54, 1.807) is 56.8 Å². The first-order valence-electron chi connectivity index (χ1n) is 11.8. The summed E-state index contributed by atoms with van der Waals surface area (Å²) in [5.74, 6) is -0.563. The van der Waals surface area contributed by atoms with E-state index in [9.17, 15) is 18.0 Å². The van der Waals surface area contributed by atoms with E-state index >= 15 is 0 Å². The standard InChI is InChI=1S/C25H30N4O6S/c1-5-34-25(31)22-16(2)28(4)17(3)23(22)36(32,33)29-13-10-18(11-14-29)24(30)27-20-8-6-7-19(15-20)21-9-12-26-35-21/h6-9,12,15,18H,5,10-11,13-14H2,1-4H3,(H,27,30). The van der Waals surface area contributed by atoms with E-state index in [1.165, 1.54) is 4.31 Å². The van der Waals surface area contributed by atoms with Crippen LogP contribution in [-0.2, 0) is 26.6 Å². The van der Waals surface area contributed by atoms with Crippen molar-refractivity contribution in [2.45, 2.75) is 38.5 Å². The smallest absolute Gasteiger partial charge is 0.341 e. The van der Waals surface area contributed by atoms with Gasteiger partial charge in [0.1, 0.15) is 10.5 Å². The van der Waals surface area contributed by atoms with Crippen molar-refractivity contribution in [3.05, 3.63) is 53.5 Å². The number of nitrogens with one attached hydrogen (secondary N) is 1. The minimum absolute atomic E-state index is 0.0203. The normalized spacial score (nSPS) is 15.1. The summed E-state index contributed by atoms with van der Waals surface area (Å²) in [4.78, 5) is 25.5. The van der Waals surface area contributed by atoms with Crippen molar-refractivity contribution in [1.82, 2.24) is 14.0 Å². The lowest BCUT2D eigenvalue weighted by atomic mass is 9.97. The number of piperidine rings is 1. The number of rotatable bonds is 7. The molecule has 3 heterocycles. The maximum Gasteiger partial charge on any atom is 0.341 e. The molecule has 1 aliphatic rings. The fourth-order valence-corrected chi connectivity index (χ4v) is 6.47. The van der Waals surface area contributed by atoms with Crippen LogP contribution in [0.15, 0.2) is 45.9 Å². The van der Waals surface area contributed by atoms with E-state index in [0.717, 1.165) is 5.56 Å². The molecule has 0 unspecified atom stereocenters. The Hall–Kier alpha value is -3.44. The fourth-order valence-electron chi connectivity index (χ4n) is 4.52. The average Bonchev–Trinajstić information content (AvgIpc) is 3.48. The highest BCUT2D eigenvalue weighted by molar-refractivity contribution is 7.89. The van der Waals surface area contributed by atoms with Crippen molar-refractivity contribution in [2.24, 2.45) is 13.0 Å². The summed E-state index contributed by atoms with van der Waals surface area (Å²) in [5, 5.41) is 6.63. The van der Waals surface area contributed by atoms with Crippen molar-refractivity contribution in [1.29, 1.82) is 0 Å².